The molecule has 1 atom stereocenters. The second kappa shape index (κ2) is 11.0. The molecule has 5 aromatic rings. The van der Waals surface area contributed by atoms with Crippen LogP contribution in [0, 0.1) is 10.7 Å². The molecule has 0 saturated heterocycles. The Morgan fingerprint density at radius 3 is 2.78 bits per heavy atom. The van der Waals surface area contributed by atoms with Crippen molar-refractivity contribution >= 4 is 54.7 Å². The molecule has 0 aliphatic heterocycles. The first kappa shape index (κ1) is 24.8. The third-order valence-corrected chi connectivity index (χ3v) is 6.88. The van der Waals surface area contributed by atoms with Crippen molar-refractivity contribution in [3.8, 4) is 11.5 Å². The van der Waals surface area contributed by atoms with E-state index in [-0.39, 0.29) is 25.6 Å². The van der Waals surface area contributed by atoms with Crippen LogP contribution in [0.25, 0.3) is 20.3 Å². The van der Waals surface area contributed by atoms with Gasteiger partial charge in [-0.2, -0.15) is 4.91 Å². The highest BCUT2D eigenvalue weighted by atomic mass is 35.5. The molecule has 0 radical (unpaired) electrons. The van der Waals surface area contributed by atoms with E-state index in [1.54, 1.807) is 30.3 Å². The van der Waals surface area contributed by atoms with Gasteiger partial charge in [0.05, 0.1) is 17.0 Å². The number of fused-ring (bicyclic) bond motifs is 3. The van der Waals surface area contributed by atoms with E-state index in [0.717, 1.165) is 20.3 Å². The fourth-order valence-corrected chi connectivity index (χ4v) is 5.01. The van der Waals surface area contributed by atoms with Gasteiger partial charge in [0.2, 0.25) is 0 Å². The molecule has 0 saturated carbocycles. The number of nitrogens with zero attached hydrogens (tertiary/aromatic N) is 3. The summed E-state index contributed by atoms with van der Waals surface area (Å²) in [4.78, 5) is 20.3. The molecule has 8 nitrogen and oxygen atoms in total. The molecule has 0 fully saturated rings. The maximum Gasteiger partial charge on any atom is 0.149 e. The number of aliphatic hydroxyl groups is 1. The van der Waals surface area contributed by atoms with Crippen LogP contribution >= 0.6 is 22.9 Å². The highest BCUT2D eigenvalue weighted by Crippen LogP contribution is 2.39. The molecule has 5 rings (SSSR count). The standard InChI is InChI=1S/C26H20ClFN4O4S/c27-21-9-17(4-7-22(21)36-12-15-2-1-3-16(28)8-15)31-25-24-20-6-5-19(35-13-18(11-33)32-34)10-23(20)37-26(24)30-14-29-25/h1-10,14,18,33H,11-13H2,(H,29,30,31). The number of hydrogen-bond acceptors (Lipinski definition) is 9. The van der Waals surface area contributed by atoms with Gasteiger partial charge in [-0.15, -0.1) is 11.3 Å². The average Bonchev–Trinajstić information content (AvgIpc) is 3.28. The number of nitroso groups, excluding NO2 is 1. The van der Waals surface area contributed by atoms with Gasteiger partial charge in [-0.25, -0.2) is 14.4 Å². The van der Waals surface area contributed by atoms with Crippen molar-refractivity contribution in [2.75, 3.05) is 18.5 Å². The topological polar surface area (TPSA) is 106 Å². The minimum atomic E-state index is -0.815. The first-order valence-corrected chi connectivity index (χ1v) is 12.4. The molecule has 2 heterocycles. The van der Waals surface area contributed by atoms with Gasteiger partial charge >= 0.3 is 0 Å². The predicted molar refractivity (Wildman–Crippen MR) is 143 cm³/mol. The number of benzene rings is 3. The molecular formula is C26H20ClFN4O4S. The zero-order valence-electron chi connectivity index (χ0n) is 19.2. The Bertz CT molecular complexity index is 1580. The second-order valence-corrected chi connectivity index (χ2v) is 9.54. The van der Waals surface area contributed by atoms with Crippen LogP contribution < -0.4 is 14.8 Å². The van der Waals surface area contributed by atoms with E-state index < -0.39 is 6.04 Å². The lowest BCUT2D eigenvalue weighted by Gasteiger charge is -2.11. The van der Waals surface area contributed by atoms with Crippen molar-refractivity contribution in [1.29, 1.82) is 0 Å². The molecule has 1 unspecified atom stereocenters. The minimum Gasteiger partial charge on any atom is -0.491 e. The summed E-state index contributed by atoms with van der Waals surface area (Å²) in [5.74, 6) is 1.33. The van der Waals surface area contributed by atoms with Gasteiger partial charge in [0.25, 0.3) is 0 Å². The monoisotopic (exact) mass is 538 g/mol. The largest absolute Gasteiger partial charge is 0.491 e. The summed E-state index contributed by atoms with van der Waals surface area (Å²) in [5.41, 5.74) is 1.41. The Balaban J connectivity index is 1.35. The van der Waals surface area contributed by atoms with E-state index in [4.69, 9.17) is 26.2 Å². The van der Waals surface area contributed by atoms with Gasteiger partial charge in [0.15, 0.2) is 0 Å². The van der Waals surface area contributed by atoms with Gasteiger partial charge in [-0.1, -0.05) is 28.9 Å². The highest BCUT2D eigenvalue weighted by molar-refractivity contribution is 7.25. The van der Waals surface area contributed by atoms with E-state index in [2.05, 4.69) is 20.5 Å². The smallest absolute Gasteiger partial charge is 0.149 e. The number of ether oxygens (including phenoxy) is 2. The number of thiophene rings is 1. The molecule has 37 heavy (non-hydrogen) atoms. The van der Waals surface area contributed by atoms with Gasteiger partial charge < -0.3 is 19.9 Å². The van der Waals surface area contributed by atoms with Crippen LogP contribution in [-0.2, 0) is 6.61 Å². The Kier molecular flexibility index (Phi) is 7.40. The van der Waals surface area contributed by atoms with Crippen LogP contribution in [0.2, 0.25) is 5.02 Å². The maximum absolute atomic E-state index is 13.4. The summed E-state index contributed by atoms with van der Waals surface area (Å²) in [5, 5.41) is 17.4. The van der Waals surface area contributed by atoms with Gasteiger partial charge in [0.1, 0.15) is 53.5 Å². The molecule has 2 aromatic heterocycles. The maximum atomic E-state index is 13.4. The number of anilines is 2. The van der Waals surface area contributed by atoms with Gasteiger partial charge in [-0.3, -0.25) is 0 Å². The van der Waals surface area contributed by atoms with Crippen LogP contribution in [0.15, 0.2) is 72.2 Å². The molecule has 0 spiro atoms. The van der Waals surface area contributed by atoms with Crippen LogP contribution in [0.4, 0.5) is 15.9 Å². The number of rotatable bonds is 10. The Morgan fingerprint density at radius 1 is 1.11 bits per heavy atom. The van der Waals surface area contributed by atoms with E-state index >= 15 is 0 Å². The summed E-state index contributed by atoms with van der Waals surface area (Å²) < 4.78 is 25.7. The van der Waals surface area contributed by atoms with Gasteiger partial charge in [-0.05, 0) is 54.1 Å². The molecule has 11 heteroatoms. The Hall–Kier alpha value is -3.86. The van der Waals surface area contributed by atoms with Gasteiger partial charge in [0, 0.05) is 15.8 Å². The normalized spacial score (nSPS) is 12.0. The van der Waals surface area contributed by atoms with Crippen molar-refractivity contribution in [1.82, 2.24) is 9.97 Å². The molecule has 0 amide bonds. The number of halogens is 2. The third kappa shape index (κ3) is 5.61. The van der Waals surface area contributed by atoms with E-state index in [9.17, 15) is 9.30 Å². The lowest BCUT2D eigenvalue weighted by atomic mass is 10.2. The summed E-state index contributed by atoms with van der Waals surface area (Å²) >= 11 is 7.93. The zero-order chi connectivity index (χ0) is 25.8. The van der Waals surface area contributed by atoms with Crippen molar-refractivity contribution in [2.24, 2.45) is 5.18 Å². The van der Waals surface area contributed by atoms with Crippen molar-refractivity contribution in [2.45, 2.75) is 12.6 Å². The number of nitrogens with one attached hydrogen (secondary N) is 1. The van der Waals surface area contributed by atoms with Crippen LogP contribution in [0.5, 0.6) is 11.5 Å². The summed E-state index contributed by atoms with van der Waals surface area (Å²) in [6, 6.07) is 16.2. The van der Waals surface area contributed by atoms with Crippen molar-refractivity contribution in [3.05, 3.63) is 88.3 Å². The van der Waals surface area contributed by atoms with Crippen LogP contribution in [0.1, 0.15) is 5.56 Å². The molecule has 0 bridgehead atoms. The third-order valence-electron chi connectivity index (χ3n) is 5.52. The van der Waals surface area contributed by atoms with Crippen molar-refractivity contribution < 1.29 is 19.0 Å². The first-order chi connectivity index (χ1) is 18.0. The fourth-order valence-electron chi connectivity index (χ4n) is 3.70. The molecule has 188 valence electrons. The summed E-state index contributed by atoms with van der Waals surface area (Å²) in [6.45, 7) is -0.190. The lowest BCUT2D eigenvalue weighted by molar-refractivity contribution is 0.207. The van der Waals surface area contributed by atoms with Crippen LogP contribution in [-0.4, -0.2) is 34.3 Å². The first-order valence-electron chi connectivity index (χ1n) is 11.2. The SMILES string of the molecule is O=NC(CO)COc1ccc2c(c1)sc1ncnc(Nc3ccc(OCc4cccc(F)c4)c(Cl)c3)c12. The zero-order valence-corrected chi connectivity index (χ0v) is 20.8. The lowest BCUT2D eigenvalue weighted by Crippen LogP contribution is -2.19. The molecule has 3 aromatic carbocycles. The number of hydrogen-bond donors (Lipinski definition) is 2. The van der Waals surface area contributed by atoms with E-state index in [1.807, 2.05) is 18.2 Å². The number of aromatic nitrogens is 2. The molecule has 0 aliphatic carbocycles. The molecular weight excluding hydrogens is 519 g/mol. The average molecular weight is 539 g/mol. The second-order valence-electron chi connectivity index (χ2n) is 8.10. The molecule has 2 N–H and O–H groups in total. The highest BCUT2D eigenvalue weighted by Gasteiger charge is 2.15. The van der Waals surface area contributed by atoms with E-state index in [1.165, 1.54) is 29.8 Å². The Morgan fingerprint density at radius 2 is 2.00 bits per heavy atom. The van der Waals surface area contributed by atoms with E-state index in [0.29, 0.717) is 33.6 Å². The van der Waals surface area contributed by atoms with Crippen LogP contribution in [0.3, 0.4) is 0 Å². The predicted octanol–water partition coefficient (Wildman–Crippen LogP) is 6.47. The number of aliphatic hydroxyl groups excluding tert-OH is 1. The Labute approximate surface area is 219 Å². The summed E-state index contributed by atoms with van der Waals surface area (Å²) in [6.07, 6.45) is 1.48. The minimum absolute atomic E-state index is 0.00822. The summed E-state index contributed by atoms with van der Waals surface area (Å²) in [7, 11) is 0. The fraction of sp³-hybridized carbons (Fsp3) is 0.154. The quantitative estimate of drug-likeness (QED) is 0.196. The van der Waals surface area contributed by atoms with Crippen molar-refractivity contribution in [3.63, 3.8) is 0 Å². The molecule has 0 aliphatic rings.